The van der Waals surface area contributed by atoms with Crippen LogP contribution in [0.1, 0.15) is 10.4 Å². The Kier molecular flexibility index (Phi) is 6.50. The molecule has 6 heteroatoms. The minimum absolute atomic E-state index is 0.0172. The number of hydrogen-bond donors (Lipinski definition) is 2. The molecule has 4 nitrogen and oxygen atoms in total. The quantitative estimate of drug-likeness (QED) is 0.786. The largest absolute Gasteiger partial charge is 0.394 e. The van der Waals surface area contributed by atoms with E-state index in [9.17, 15) is 4.79 Å². The van der Waals surface area contributed by atoms with Gasteiger partial charge in [-0.3, -0.25) is 4.79 Å². The number of rotatable bonds is 6. The second-order valence-electron chi connectivity index (χ2n) is 3.22. The molecular formula is C11H13BrClNO3. The van der Waals surface area contributed by atoms with E-state index in [1.165, 1.54) is 0 Å². The number of halogens is 2. The van der Waals surface area contributed by atoms with Crippen LogP contribution in [0.3, 0.4) is 0 Å². The number of carbonyl (C=O) groups is 1. The van der Waals surface area contributed by atoms with Crippen molar-refractivity contribution in [3.63, 3.8) is 0 Å². The summed E-state index contributed by atoms with van der Waals surface area (Å²) in [7, 11) is 0. The zero-order chi connectivity index (χ0) is 12.7. The monoisotopic (exact) mass is 321 g/mol. The molecule has 0 unspecified atom stereocenters. The molecule has 1 aromatic carbocycles. The number of ether oxygens (including phenoxy) is 1. The molecule has 94 valence electrons. The van der Waals surface area contributed by atoms with Gasteiger partial charge >= 0.3 is 0 Å². The minimum atomic E-state index is -0.193. The van der Waals surface area contributed by atoms with Gasteiger partial charge in [-0.1, -0.05) is 11.6 Å². The van der Waals surface area contributed by atoms with E-state index in [2.05, 4.69) is 21.2 Å². The first kappa shape index (κ1) is 14.4. The molecule has 0 aliphatic carbocycles. The van der Waals surface area contributed by atoms with E-state index in [-0.39, 0.29) is 19.1 Å². The van der Waals surface area contributed by atoms with E-state index in [1.807, 2.05) is 0 Å². The molecule has 0 atom stereocenters. The van der Waals surface area contributed by atoms with E-state index in [0.717, 1.165) is 0 Å². The summed E-state index contributed by atoms with van der Waals surface area (Å²) < 4.78 is 5.67. The van der Waals surface area contributed by atoms with Crippen molar-refractivity contribution < 1.29 is 14.6 Å². The van der Waals surface area contributed by atoms with E-state index < -0.39 is 0 Å². The molecule has 0 saturated carbocycles. The van der Waals surface area contributed by atoms with Gasteiger partial charge in [-0.15, -0.1) is 0 Å². The fraction of sp³-hybridized carbons (Fsp3) is 0.364. The van der Waals surface area contributed by atoms with E-state index in [1.54, 1.807) is 18.2 Å². The number of benzene rings is 1. The summed E-state index contributed by atoms with van der Waals surface area (Å²) in [6.07, 6.45) is 0. The van der Waals surface area contributed by atoms with Gasteiger partial charge < -0.3 is 15.2 Å². The van der Waals surface area contributed by atoms with Crippen LogP contribution in [0.2, 0.25) is 5.02 Å². The number of amides is 1. The molecule has 0 heterocycles. The summed E-state index contributed by atoms with van der Waals surface area (Å²) in [5.74, 6) is -0.193. The van der Waals surface area contributed by atoms with Gasteiger partial charge in [-0.25, -0.2) is 0 Å². The highest BCUT2D eigenvalue weighted by atomic mass is 79.9. The molecule has 17 heavy (non-hydrogen) atoms. The van der Waals surface area contributed by atoms with Crippen molar-refractivity contribution in [1.29, 1.82) is 0 Å². The molecule has 2 N–H and O–H groups in total. The third-order valence-corrected chi connectivity index (χ3v) is 2.83. The predicted molar refractivity (Wildman–Crippen MR) is 69.4 cm³/mol. The first-order valence-electron chi connectivity index (χ1n) is 5.07. The molecule has 0 aliphatic rings. The smallest absolute Gasteiger partial charge is 0.252 e. The molecule has 0 fully saturated rings. The zero-order valence-corrected chi connectivity index (χ0v) is 11.4. The lowest BCUT2D eigenvalue weighted by Crippen LogP contribution is -2.27. The Morgan fingerprint density at radius 1 is 1.47 bits per heavy atom. The van der Waals surface area contributed by atoms with E-state index in [4.69, 9.17) is 21.4 Å². The molecule has 1 rings (SSSR count). The first-order chi connectivity index (χ1) is 8.15. The Morgan fingerprint density at radius 3 is 2.88 bits per heavy atom. The second-order valence-corrected chi connectivity index (χ2v) is 4.51. The molecule has 0 spiro atoms. The Balaban J connectivity index is 2.42. The summed E-state index contributed by atoms with van der Waals surface area (Å²) in [5.41, 5.74) is 0.525. The van der Waals surface area contributed by atoms with Gasteiger partial charge in [0, 0.05) is 16.0 Å². The molecule has 0 radical (unpaired) electrons. The summed E-state index contributed by atoms with van der Waals surface area (Å²) in [6, 6.07) is 4.97. The SMILES string of the molecule is O=C(NCCOCCO)c1ccc(Cl)cc1Br. The minimum Gasteiger partial charge on any atom is -0.394 e. The van der Waals surface area contributed by atoms with E-state index >= 15 is 0 Å². The predicted octanol–water partition coefficient (Wildman–Crippen LogP) is 1.84. The molecular weight excluding hydrogens is 309 g/mol. The van der Waals surface area contributed by atoms with Crippen LogP contribution in [-0.4, -0.2) is 37.4 Å². The van der Waals surface area contributed by atoms with Crippen LogP contribution in [0.15, 0.2) is 22.7 Å². The average molecular weight is 323 g/mol. The lowest BCUT2D eigenvalue weighted by molar-refractivity contribution is 0.0837. The third-order valence-electron chi connectivity index (χ3n) is 1.94. The Bertz CT molecular complexity index is 387. The lowest BCUT2D eigenvalue weighted by Gasteiger charge is -2.07. The number of hydrogen-bond acceptors (Lipinski definition) is 3. The molecule has 0 aromatic heterocycles. The van der Waals surface area contributed by atoms with Crippen LogP contribution in [0.4, 0.5) is 0 Å². The van der Waals surface area contributed by atoms with Crippen molar-refractivity contribution in [1.82, 2.24) is 5.32 Å². The van der Waals surface area contributed by atoms with Crippen LogP contribution in [0.5, 0.6) is 0 Å². The van der Waals surface area contributed by atoms with Crippen molar-refractivity contribution in [3.05, 3.63) is 33.3 Å². The van der Waals surface area contributed by atoms with Crippen molar-refractivity contribution >= 4 is 33.4 Å². The number of carbonyl (C=O) groups excluding carboxylic acids is 1. The van der Waals surface area contributed by atoms with Crippen molar-refractivity contribution in [2.24, 2.45) is 0 Å². The van der Waals surface area contributed by atoms with Gasteiger partial charge in [0.15, 0.2) is 0 Å². The van der Waals surface area contributed by atoms with Crippen LogP contribution >= 0.6 is 27.5 Å². The van der Waals surface area contributed by atoms with Crippen LogP contribution in [0.25, 0.3) is 0 Å². The lowest BCUT2D eigenvalue weighted by atomic mass is 10.2. The number of nitrogens with one attached hydrogen (secondary N) is 1. The van der Waals surface area contributed by atoms with Crippen molar-refractivity contribution in [2.75, 3.05) is 26.4 Å². The normalized spacial score (nSPS) is 10.3. The molecule has 0 bridgehead atoms. The second kappa shape index (κ2) is 7.66. The Hall–Kier alpha value is -0.620. The summed E-state index contributed by atoms with van der Waals surface area (Å²) >= 11 is 9.05. The van der Waals surface area contributed by atoms with Crippen LogP contribution in [0, 0.1) is 0 Å². The third kappa shape index (κ3) is 5.04. The molecule has 1 amide bonds. The summed E-state index contributed by atoms with van der Waals surface area (Å²) in [6.45, 7) is 1.03. The van der Waals surface area contributed by atoms with Gasteiger partial charge in [0.1, 0.15) is 0 Å². The van der Waals surface area contributed by atoms with Crippen molar-refractivity contribution in [3.8, 4) is 0 Å². The Morgan fingerprint density at radius 2 is 2.24 bits per heavy atom. The summed E-state index contributed by atoms with van der Waals surface area (Å²) in [4.78, 5) is 11.7. The van der Waals surface area contributed by atoms with Crippen LogP contribution < -0.4 is 5.32 Å². The molecule has 0 aliphatic heterocycles. The van der Waals surface area contributed by atoms with E-state index in [0.29, 0.717) is 28.2 Å². The maximum absolute atomic E-state index is 11.7. The highest BCUT2D eigenvalue weighted by molar-refractivity contribution is 9.10. The number of aliphatic hydroxyl groups is 1. The highest BCUT2D eigenvalue weighted by Crippen LogP contribution is 2.21. The highest BCUT2D eigenvalue weighted by Gasteiger charge is 2.09. The van der Waals surface area contributed by atoms with Gasteiger partial charge in [-0.2, -0.15) is 0 Å². The standard InChI is InChI=1S/C11H13BrClNO3/c12-10-7-8(13)1-2-9(10)11(16)14-3-5-17-6-4-15/h1-2,7,15H,3-6H2,(H,14,16). The summed E-state index contributed by atoms with van der Waals surface area (Å²) in [5, 5.41) is 11.8. The maximum atomic E-state index is 11.7. The maximum Gasteiger partial charge on any atom is 0.252 e. The van der Waals surface area contributed by atoms with Gasteiger partial charge in [0.25, 0.3) is 5.91 Å². The molecule has 1 aromatic rings. The van der Waals surface area contributed by atoms with Crippen LogP contribution in [-0.2, 0) is 4.74 Å². The Labute approximate surface area is 113 Å². The van der Waals surface area contributed by atoms with Gasteiger partial charge in [-0.05, 0) is 34.1 Å². The number of aliphatic hydroxyl groups excluding tert-OH is 1. The van der Waals surface area contributed by atoms with Crippen molar-refractivity contribution in [2.45, 2.75) is 0 Å². The van der Waals surface area contributed by atoms with Gasteiger partial charge in [0.05, 0.1) is 25.4 Å². The average Bonchev–Trinajstić information content (AvgIpc) is 2.28. The fourth-order valence-electron chi connectivity index (χ4n) is 1.17. The topological polar surface area (TPSA) is 58.6 Å². The molecule has 0 saturated heterocycles. The zero-order valence-electron chi connectivity index (χ0n) is 9.08. The van der Waals surface area contributed by atoms with Gasteiger partial charge in [0.2, 0.25) is 0 Å². The fourth-order valence-corrected chi connectivity index (χ4v) is 2.03. The first-order valence-corrected chi connectivity index (χ1v) is 6.24.